The third kappa shape index (κ3) is 4.72. The number of carbonyl (C=O) groups excluding carboxylic acids is 1. The smallest absolute Gasteiger partial charge is 0.293 e. The summed E-state index contributed by atoms with van der Waals surface area (Å²) >= 11 is 0. The third-order valence-corrected chi connectivity index (χ3v) is 3.85. The molecule has 0 spiro atoms. The first-order valence-electron chi connectivity index (χ1n) is 7.97. The van der Waals surface area contributed by atoms with Crippen LogP contribution in [0.1, 0.15) is 21.9 Å². The van der Waals surface area contributed by atoms with Gasteiger partial charge >= 0.3 is 0 Å². The Labute approximate surface area is 153 Å². The molecular formula is C20H21ClN2O2. The lowest BCUT2D eigenvalue weighted by Gasteiger charge is -2.22. The van der Waals surface area contributed by atoms with E-state index in [0.29, 0.717) is 18.1 Å². The van der Waals surface area contributed by atoms with Gasteiger partial charge in [0.15, 0.2) is 5.76 Å². The zero-order chi connectivity index (χ0) is 16.8. The molecule has 4 nitrogen and oxygen atoms in total. The molecule has 25 heavy (non-hydrogen) atoms. The Hall–Kier alpha value is -2.56. The number of nitrogens with two attached hydrogens (primary N) is 1. The van der Waals surface area contributed by atoms with Crippen LogP contribution in [0, 0.1) is 0 Å². The van der Waals surface area contributed by atoms with E-state index in [4.69, 9.17) is 10.2 Å². The second-order valence-electron chi connectivity index (χ2n) is 5.50. The number of halogens is 1. The molecule has 0 aliphatic rings. The van der Waals surface area contributed by atoms with Gasteiger partial charge in [-0.1, -0.05) is 48.5 Å². The Bertz CT molecular complexity index is 788. The number of nitrogens with zero attached hydrogens (tertiary/aromatic N) is 1. The van der Waals surface area contributed by atoms with E-state index in [1.807, 2.05) is 48.5 Å². The number of hydrogen-bond donors (Lipinski definition) is 1. The molecular weight excluding hydrogens is 336 g/mol. The Kier molecular flexibility index (Phi) is 6.81. The van der Waals surface area contributed by atoms with Crippen molar-refractivity contribution in [3.05, 3.63) is 89.9 Å². The lowest BCUT2D eigenvalue weighted by Crippen LogP contribution is -2.32. The van der Waals surface area contributed by atoms with Gasteiger partial charge in [-0.15, -0.1) is 12.4 Å². The van der Waals surface area contributed by atoms with Gasteiger partial charge < -0.3 is 15.1 Å². The Morgan fingerprint density at radius 3 is 2.16 bits per heavy atom. The number of anilines is 1. The summed E-state index contributed by atoms with van der Waals surface area (Å²) in [5, 5.41) is 0. The molecule has 0 aliphatic carbocycles. The zero-order valence-corrected chi connectivity index (χ0v) is 14.6. The Morgan fingerprint density at radius 2 is 1.56 bits per heavy atom. The lowest BCUT2D eigenvalue weighted by molar-refractivity contribution is 0.0959. The highest BCUT2D eigenvalue weighted by Gasteiger charge is 2.20. The van der Waals surface area contributed by atoms with Gasteiger partial charge in [-0.2, -0.15) is 0 Å². The van der Waals surface area contributed by atoms with Crippen LogP contribution < -0.4 is 10.6 Å². The molecule has 1 amide bonds. The van der Waals surface area contributed by atoms with Crippen molar-refractivity contribution >= 4 is 24.0 Å². The molecule has 1 heterocycles. The minimum Gasteiger partial charge on any atom is -0.455 e. The Balaban J connectivity index is 0.00000225. The molecule has 0 bridgehead atoms. The lowest BCUT2D eigenvalue weighted by atomic mass is 10.1. The predicted octanol–water partition coefficient (Wildman–Crippen LogP) is 4.05. The highest BCUT2D eigenvalue weighted by Crippen LogP contribution is 2.19. The van der Waals surface area contributed by atoms with E-state index in [1.54, 1.807) is 17.0 Å². The van der Waals surface area contributed by atoms with Crippen molar-refractivity contribution in [3.8, 4) is 0 Å². The molecule has 0 unspecified atom stereocenters. The first kappa shape index (κ1) is 18.8. The molecule has 0 saturated carbocycles. The summed E-state index contributed by atoms with van der Waals surface area (Å²) in [6.45, 7) is 0.855. The molecule has 0 aliphatic heterocycles. The van der Waals surface area contributed by atoms with Gasteiger partial charge in [0.25, 0.3) is 5.91 Å². The SMILES string of the molecule is Cl.NCc1ccc(C(=O)N(CCc2ccccc2)c2ccccc2)o1. The van der Waals surface area contributed by atoms with Crippen LogP contribution in [0.3, 0.4) is 0 Å². The van der Waals surface area contributed by atoms with Crippen molar-refractivity contribution in [1.82, 2.24) is 0 Å². The van der Waals surface area contributed by atoms with Crippen LogP contribution in [0.25, 0.3) is 0 Å². The van der Waals surface area contributed by atoms with Crippen LogP contribution in [0.5, 0.6) is 0 Å². The van der Waals surface area contributed by atoms with E-state index in [-0.39, 0.29) is 24.9 Å². The number of hydrogen-bond acceptors (Lipinski definition) is 3. The second kappa shape index (κ2) is 9.06. The average molecular weight is 357 g/mol. The fraction of sp³-hybridized carbons (Fsp3) is 0.150. The van der Waals surface area contributed by atoms with Crippen molar-refractivity contribution in [2.45, 2.75) is 13.0 Å². The number of carbonyl (C=O) groups is 1. The summed E-state index contributed by atoms with van der Waals surface area (Å²) in [5.74, 6) is 0.763. The van der Waals surface area contributed by atoms with Crippen LogP contribution >= 0.6 is 12.4 Å². The molecule has 3 aromatic rings. The summed E-state index contributed by atoms with van der Waals surface area (Å²) in [6.07, 6.45) is 0.770. The largest absolute Gasteiger partial charge is 0.455 e. The van der Waals surface area contributed by atoms with Crippen molar-refractivity contribution < 1.29 is 9.21 Å². The topological polar surface area (TPSA) is 59.5 Å². The summed E-state index contributed by atoms with van der Waals surface area (Å²) in [6, 6.07) is 23.2. The minimum atomic E-state index is -0.156. The van der Waals surface area contributed by atoms with Gasteiger partial charge in [-0.25, -0.2) is 0 Å². The standard InChI is InChI=1S/C20H20N2O2.ClH/c21-15-18-11-12-19(24-18)20(23)22(17-9-5-2-6-10-17)14-13-16-7-3-1-4-8-16;/h1-12H,13-15,21H2;1H. The first-order valence-corrected chi connectivity index (χ1v) is 7.97. The molecule has 130 valence electrons. The molecule has 5 heteroatoms. The van der Waals surface area contributed by atoms with E-state index in [2.05, 4.69) is 12.1 Å². The molecule has 0 fully saturated rings. The van der Waals surface area contributed by atoms with E-state index in [0.717, 1.165) is 12.1 Å². The predicted molar refractivity (Wildman–Crippen MR) is 102 cm³/mol. The van der Waals surface area contributed by atoms with Crippen LogP contribution in [-0.4, -0.2) is 12.5 Å². The van der Waals surface area contributed by atoms with Crippen LogP contribution in [-0.2, 0) is 13.0 Å². The van der Waals surface area contributed by atoms with Gasteiger partial charge in [0.2, 0.25) is 0 Å². The summed E-state index contributed by atoms with van der Waals surface area (Å²) in [7, 11) is 0. The van der Waals surface area contributed by atoms with Gasteiger partial charge in [0.1, 0.15) is 5.76 Å². The van der Waals surface area contributed by atoms with E-state index in [1.165, 1.54) is 5.56 Å². The molecule has 0 atom stereocenters. The number of benzene rings is 2. The van der Waals surface area contributed by atoms with E-state index in [9.17, 15) is 4.79 Å². The van der Waals surface area contributed by atoms with Crippen molar-refractivity contribution in [3.63, 3.8) is 0 Å². The highest BCUT2D eigenvalue weighted by atomic mass is 35.5. The van der Waals surface area contributed by atoms with Gasteiger partial charge in [-0.3, -0.25) is 4.79 Å². The van der Waals surface area contributed by atoms with Crippen molar-refractivity contribution in [1.29, 1.82) is 0 Å². The average Bonchev–Trinajstić information content (AvgIpc) is 3.13. The number of amides is 1. The number of para-hydroxylation sites is 1. The maximum Gasteiger partial charge on any atom is 0.293 e. The van der Waals surface area contributed by atoms with Crippen LogP contribution in [0.15, 0.2) is 77.2 Å². The molecule has 2 N–H and O–H groups in total. The molecule has 0 radical (unpaired) electrons. The summed E-state index contributed by atoms with van der Waals surface area (Å²) in [5.41, 5.74) is 7.61. The maximum atomic E-state index is 12.9. The number of rotatable bonds is 6. The quantitative estimate of drug-likeness (QED) is 0.724. The minimum absolute atomic E-state index is 0. The maximum absolute atomic E-state index is 12.9. The third-order valence-electron chi connectivity index (χ3n) is 3.85. The Morgan fingerprint density at radius 1 is 0.920 bits per heavy atom. The number of furan rings is 1. The van der Waals surface area contributed by atoms with Gasteiger partial charge in [0.05, 0.1) is 6.54 Å². The van der Waals surface area contributed by atoms with Crippen LogP contribution in [0.2, 0.25) is 0 Å². The van der Waals surface area contributed by atoms with Gasteiger partial charge in [0, 0.05) is 12.2 Å². The molecule has 2 aromatic carbocycles. The molecule has 3 rings (SSSR count). The normalized spacial score (nSPS) is 10.1. The highest BCUT2D eigenvalue weighted by molar-refractivity contribution is 6.04. The monoisotopic (exact) mass is 356 g/mol. The summed E-state index contributed by atoms with van der Waals surface area (Å²) in [4.78, 5) is 14.6. The second-order valence-corrected chi connectivity index (χ2v) is 5.50. The first-order chi connectivity index (χ1) is 11.8. The fourth-order valence-corrected chi connectivity index (χ4v) is 2.58. The van der Waals surface area contributed by atoms with E-state index >= 15 is 0 Å². The molecule has 0 saturated heterocycles. The molecule has 1 aromatic heterocycles. The van der Waals surface area contributed by atoms with Crippen molar-refractivity contribution in [2.75, 3.05) is 11.4 Å². The van der Waals surface area contributed by atoms with E-state index < -0.39 is 0 Å². The van der Waals surface area contributed by atoms with Gasteiger partial charge in [-0.05, 0) is 36.2 Å². The fourth-order valence-electron chi connectivity index (χ4n) is 2.58. The zero-order valence-electron chi connectivity index (χ0n) is 13.8. The van der Waals surface area contributed by atoms with Crippen LogP contribution in [0.4, 0.5) is 5.69 Å². The summed E-state index contributed by atoms with van der Waals surface area (Å²) < 4.78 is 5.53. The van der Waals surface area contributed by atoms with Crippen molar-refractivity contribution in [2.24, 2.45) is 5.73 Å².